The van der Waals surface area contributed by atoms with Crippen molar-refractivity contribution in [2.75, 3.05) is 41.8 Å². The number of nitrogens with zero attached hydrogens (tertiary/aromatic N) is 2. The molecule has 0 bridgehead atoms. The predicted molar refractivity (Wildman–Crippen MR) is 124 cm³/mol. The summed E-state index contributed by atoms with van der Waals surface area (Å²) in [6.07, 6.45) is 1.08. The van der Waals surface area contributed by atoms with Gasteiger partial charge >= 0.3 is 0 Å². The Morgan fingerprint density at radius 2 is 1.84 bits per heavy atom. The Labute approximate surface area is 189 Å². The molecule has 1 aliphatic rings. The van der Waals surface area contributed by atoms with Crippen LogP contribution in [0.5, 0.6) is 0 Å². The summed E-state index contributed by atoms with van der Waals surface area (Å²) in [7, 11) is -3.70. The second-order valence-electron chi connectivity index (χ2n) is 7.65. The number of ether oxygens (including phenoxy) is 1. The maximum Gasteiger partial charge on any atom is 0.243 e. The van der Waals surface area contributed by atoms with E-state index >= 15 is 0 Å². The van der Waals surface area contributed by atoms with E-state index in [1.165, 1.54) is 0 Å². The number of hydrogen-bond donors (Lipinski definition) is 1. The first-order valence-corrected chi connectivity index (χ1v) is 12.3. The lowest BCUT2D eigenvalue weighted by molar-refractivity contribution is -0.122. The fraction of sp³-hybridized carbons (Fsp3) is 0.409. The summed E-state index contributed by atoms with van der Waals surface area (Å²) >= 11 is 6.07. The molecule has 0 saturated carbocycles. The topological polar surface area (TPSA) is 79.0 Å². The van der Waals surface area contributed by atoms with E-state index in [1.807, 2.05) is 24.3 Å². The van der Waals surface area contributed by atoms with Crippen LogP contribution < -0.4 is 14.5 Å². The number of benzene rings is 2. The highest BCUT2D eigenvalue weighted by atomic mass is 35.5. The van der Waals surface area contributed by atoms with Gasteiger partial charge in [0, 0.05) is 30.3 Å². The van der Waals surface area contributed by atoms with Crippen LogP contribution in [0.3, 0.4) is 0 Å². The lowest BCUT2D eigenvalue weighted by Gasteiger charge is -2.30. The molecule has 168 valence electrons. The van der Waals surface area contributed by atoms with Gasteiger partial charge in [-0.3, -0.25) is 9.10 Å². The Bertz CT molecular complexity index is 1020. The zero-order valence-corrected chi connectivity index (χ0v) is 19.5. The fourth-order valence-corrected chi connectivity index (χ4v) is 4.97. The summed E-state index contributed by atoms with van der Waals surface area (Å²) in [6, 6.07) is 12.0. The third kappa shape index (κ3) is 5.90. The minimum Gasteiger partial charge on any atom is -0.378 e. The summed E-state index contributed by atoms with van der Waals surface area (Å²) in [5.74, 6) is -0.387. The molecule has 1 aliphatic heterocycles. The van der Waals surface area contributed by atoms with Crippen molar-refractivity contribution in [2.45, 2.75) is 26.4 Å². The van der Waals surface area contributed by atoms with Gasteiger partial charge < -0.3 is 15.0 Å². The molecule has 31 heavy (non-hydrogen) atoms. The Morgan fingerprint density at radius 3 is 2.45 bits per heavy atom. The van der Waals surface area contributed by atoms with Crippen molar-refractivity contribution >= 4 is 38.9 Å². The Kier molecular flexibility index (Phi) is 7.46. The van der Waals surface area contributed by atoms with Crippen LogP contribution >= 0.6 is 11.6 Å². The van der Waals surface area contributed by atoms with Crippen molar-refractivity contribution in [1.29, 1.82) is 0 Å². The molecule has 2 aromatic rings. The smallest absolute Gasteiger partial charge is 0.243 e. The van der Waals surface area contributed by atoms with Gasteiger partial charge in [0.05, 0.1) is 25.2 Å². The minimum atomic E-state index is -3.70. The van der Waals surface area contributed by atoms with Gasteiger partial charge in [0.2, 0.25) is 15.9 Å². The molecule has 1 atom stereocenters. The van der Waals surface area contributed by atoms with Gasteiger partial charge in [0.15, 0.2) is 0 Å². The summed E-state index contributed by atoms with van der Waals surface area (Å²) in [6.45, 7) is 6.81. The normalized spacial score (nSPS) is 15.4. The number of halogens is 1. The lowest BCUT2D eigenvalue weighted by atomic mass is 10.1. The molecule has 1 amide bonds. The van der Waals surface area contributed by atoms with Crippen molar-refractivity contribution < 1.29 is 17.9 Å². The average Bonchev–Trinajstić information content (AvgIpc) is 2.74. The lowest BCUT2D eigenvalue weighted by Crippen LogP contribution is -2.48. The van der Waals surface area contributed by atoms with E-state index in [4.69, 9.17) is 16.3 Å². The molecule has 0 radical (unpaired) electrons. The second kappa shape index (κ2) is 9.89. The predicted octanol–water partition coefficient (Wildman–Crippen LogP) is 2.96. The third-order valence-corrected chi connectivity index (χ3v) is 6.74. The monoisotopic (exact) mass is 465 g/mol. The van der Waals surface area contributed by atoms with Crippen LogP contribution in [0.4, 0.5) is 11.4 Å². The average molecular weight is 466 g/mol. The number of nitrogens with one attached hydrogen (secondary N) is 1. The first-order valence-electron chi connectivity index (χ1n) is 10.1. The van der Waals surface area contributed by atoms with E-state index in [0.717, 1.165) is 48.1 Å². The molecule has 1 N–H and O–H groups in total. The molecule has 0 spiro atoms. The van der Waals surface area contributed by atoms with Crippen molar-refractivity contribution in [2.24, 2.45) is 0 Å². The molecule has 1 fully saturated rings. The van der Waals surface area contributed by atoms with Gasteiger partial charge in [0.25, 0.3) is 0 Å². The van der Waals surface area contributed by atoms with Crippen molar-refractivity contribution in [1.82, 2.24) is 5.32 Å². The largest absolute Gasteiger partial charge is 0.378 e. The summed E-state index contributed by atoms with van der Waals surface area (Å²) in [5, 5.41) is 3.25. The van der Waals surface area contributed by atoms with E-state index in [-0.39, 0.29) is 5.91 Å². The fourth-order valence-electron chi connectivity index (χ4n) is 3.58. The highest BCUT2D eigenvalue weighted by molar-refractivity contribution is 7.92. The molecule has 0 aliphatic carbocycles. The van der Waals surface area contributed by atoms with Crippen molar-refractivity contribution in [3.8, 4) is 0 Å². The van der Waals surface area contributed by atoms with Gasteiger partial charge in [-0.25, -0.2) is 8.42 Å². The zero-order chi connectivity index (χ0) is 22.6. The highest BCUT2D eigenvalue weighted by Crippen LogP contribution is 2.28. The maximum atomic E-state index is 12.8. The quantitative estimate of drug-likeness (QED) is 0.680. The Balaban J connectivity index is 1.69. The number of sulfonamides is 1. The molecule has 3 rings (SSSR count). The van der Waals surface area contributed by atoms with E-state index in [2.05, 4.69) is 10.2 Å². The first kappa shape index (κ1) is 23.4. The molecule has 0 aromatic heterocycles. The molecule has 1 heterocycles. The SMILES string of the molecule is Cc1ccc(Cl)cc1N([C@H](C)C(=O)NCc1ccc(N2CCOCC2)cc1)S(C)(=O)=O. The molecule has 9 heteroatoms. The molecular weight excluding hydrogens is 438 g/mol. The van der Waals surface area contributed by atoms with E-state index < -0.39 is 16.1 Å². The van der Waals surface area contributed by atoms with Crippen molar-refractivity contribution in [3.63, 3.8) is 0 Å². The Morgan fingerprint density at radius 1 is 1.19 bits per heavy atom. The van der Waals surface area contributed by atoms with Gasteiger partial charge in [-0.2, -0.15) is 0 Å². The number of rotatable bonds is 7. The van der Waals surface area contributed by atoms with Crippen LogP contribution in [-0.4, -0.2) is 52.9 Å². The number of amides is 1. The Hall–Kier alpha value is -2.29. The molecule has 1 saturated heterocycles. The van der Waals surface area contributed by atoms with Gasteiger partial charge in [-0.15, -0.1) is 0 Å². The number of aryl methyl sites for hydroxylation is 1. The molecule has 2 aromatic carbocycles. The maximum absolute atomic E-state index is 12.8. The summed E-state index contributed by atoms with van der Waals surface area (Å²) < 4.78 is 31.5. The van der Waals surface area contributed by atoms with E-state index in [1.54, 1.807) is 32.0 Å². The van der Waals surface area contributed by atoms with Crippen molar-refractivity contribution in [3.05, 3.63) is 58.6 Å². The van der Waals surface area contributed by atoms with Gasteiger partial charge in [-0.1, -0.05) is 29.8 Å². The van der Waals surface area contributed by atoms with E-state index in [0.29, 0.717) is 22.8 Å². The second-order valence-corrected chi connectivity index (χ2v) is 9.95. The summed E-state index contributed by atoms with van der Waals surface area (Å²) in [4.78, 5) is 15.1. The van der Waals surface area contributed by atoms with Crippen LogP contribution in [0.15, 0.2) is 42.5 Å². The minimum absolute atomic E-state index is 0.304. The van der Waals surface area contributed by atoms with Crippen LogP contribution in [0.2, 0.25) is 5.02 Å². The first-order chi connectivity index (χ1) is 14.7. The number of anilines is 2. The number of carbonyl (C=O) groups excluding carboxylic acids is 1. The number of hydrogen-bond acceptors (Lipinski definition) is 5. The van der Waals surface area contributed by atoms with Crippen LogP contribution in [0.25, 0.3) is 0 Å². The van der Waals surface area contributed by atoms with Gasteiger partial charge in [-0.05, 0) is 49.2 Å². The molecule has 7 nitrogen and oxygen atoms in total. The third-order valence-electron chi connectivity index (χ3n) is 5.28. The standard InChI is InChI=1S/C22H28ClN3O4S/c1-16-4-7-19(23)14-21(16)26(31(3,28)29)17(2)22(27)24-15-18-5-8-20(9-6-18)25-10-12-30-13-11-25/h4-9,14,17H,10-13,15H2,1-3H3,(H,24,27)/t17-/m1/s1. The van der Waals surface area contributed by atoms with Crippen LogP contribution in [-0.2, 0) is 26.1 Å². The number of morpholine rings is 1. The molecular formula is C22H28ClN3O4S. The summed E-state index contributed by atoms with van der Waals surface area (Å²) in [5.41, 5.74) is 3.16. The van der Waals surface area contributed by atoms with Gasteiger partial charge in [0.1, 0.15) is 6.04 Å². The zero-order valence-electron chi connectivity index (χ0n) is 18.0. The highest BCUT2D eigenvalue weighted by Gasteiger charge is 2.30. The van der Waals surface area contributed by atoms with E-state index in [9.17, 15) is 13.2 Å². The van der Waals surface area contributed by atoms with Crippen LogP contribution in [0, 0.1) is 6.92 Å². The van der Waals surface area contributed by atoms with Crippen LogP contribution in [0.1, 0.15) is 18.1 Å². The number of carbonyl (C=O) groups is 1. The molecule has 0 unspecified atom stereocenters.